The van der Waals surface area contributed by atoms with Gasteiger partial charge in [0, 0.05) is 29.2 Å². The molecule has 254 valence electrons. The van der Waals surface area contributed by atoms with Gasteiger partial charge >= 0.3 is 5.97 Å². The molecular formula is C36H35N3O10. The van der Waals surface area contributed by atoms with Crippen molar-refractivity contribution in [3.63, 3.8) is 0 Å². The number of rotatable bonds is 13. The first-order valence-corrected chi connectivity index (χ1v) is 15.0. The molecule has 1 atom stereocenters. The lowest BCUT2D eigenvalue weighted by Gasteiger charge is -2.16. The fourth-order valence-electron chi connectivity index (χ4n) is 4.95. The minimum atomic E-state index is -1.40. The molecule has 0 saturated heterocycles. The number of carbonyl (C=O) groups excluding carboxylic acids is 4. The number of ketones is 1. The van der Waals surface area contributed by atoms with E-state index in [2.05, 4.69) is 16.0 Å². The van der Waals surface area contributed by atoms with Crippen molar-refractivity contribution in [3.05, 3.63) is 101 Å². The summed E-state index contributed by atoms with van der Waals surface area (Å²) in [4.78, 5) is 63.1. The number of hydrogen-bond acceptors (Lipinski definition) is 9. The number of hydrogen-bond donors (Lipinski definition) is 6. The first-order chi connectivity index (χ1) is 23.4. The summed E-state index contributed by atoms with van der Waals surface area (Å²) in [5.41, 5.74) is 1.49. The normalized spacial score (nSPS) is 11.2. The van der Waals surface area contributed by atoms with Gasteiger partial charge in [0.25, 0.3) is 11.8 Å². The predicted molar refractivity (Wildman–Crippen MR) is 181 cm³/mol. The third kappa shape index (κ3) is 8.14. The van der Waals surface area contributed by atoms with Gasteiger partial charge in [-0.1, -0.05) is 36.8 Å². The fraction of sp³-hybridized carbons (Fsp3) is 0.194. The monoisotopic (exact) mass is 669 g/mol. The van der Waals surface area contributed by atoms with Crippen molar-refractivity contribution >= 4 is 46.5 Å². The van der Waals surface area contributed by atoms with E-state index < -0.39 is 40.8 Å². The lowest BCUT2D eigenvalue weighted by molar-refractivity contribution is -0.119. The number of phenolic OH excluding ortho intramolecular Hbond substituents is 1. The average molecular weight is 670 g/mol. The molecule has 0 spiro atoms. The van der Waals surface area contributed by atoms with Gasteiger partial charge in [-0.25, -0.2) is 4.79 Å². The zero-order chi connectivity index (χ0) is 35.8. The number of carboxylic acid groups (broad SMARTS) is 1. The molecule has 49 heavy (non-hydrogen) atoms. The Labute approximate surface area is 281 Å². The van der Waals surface area contributed by atoms with Crippen LogP contribution >= 0.6 is 0 Å². The van der Waals surface area contributed by atoms with Crippen molar-refractivity contribution < 1.29 is 48.8 Å². The molecule has 13 nitrogen and oxygen atoms in total. The van der Waals surface area contributed by atoms with E-state index in [0.29, 0.717) is 17.7 Å². The maximum absolute atomic E-state index is 13.1. The number of anilines is 3. The third-order valence-electron chi connectivity index (χ3n) is 7.73. The van der Waals surface area contributed by atoms with Gasteiger partial charge in [-0.15, -0.1) is 0 Å². The maximum atomic E-state index is 13.1. The Kier molecular flexibility index (Phi) is 11.2. The van der Waals surface area contributed by atoms with E-state index in [4.69, 9.17) is 9.47 Å². The summed E-state index contributed by atoms with van der Waals surface area (Å²) in [6.45, 7) is 3.76. The van der Waals surface area contributed by atoms with Crippen molar-refractivity contribution in [2.45, 2.75) is 26.7 Å². The largest absolute Gasteiger partial charge is 0.504 e. The van der Waals surface area contributed by atoms with Crippen LogP contribution in [0.4, 0.5) is 17.1 Å². The molecular weight excluding hydrogens is 634 g/mol. The van der Waals surface area contributed by atoms with Crippen LogP contribution < -0.4 is 25.4 Å². The summed E-state index contributed by atoms with van der Waals surface area (Å²) in [6.07, 6.45) is 0.509. The number of amides is 3. The third-order valence-corrected chi connectivity index (χ3v) is 7.73. The molecule has 0 aliphatic carbocycles. The number of Topliss-reactive ketones (excluding diaryl/α,β-unsaturated/α-hetero) is 1. The molecule has 0 aliphatic heterocycles. The molecule has 0 saturated carbocycles. The zero-order valence-electron chi connectivity index (χ0n) is 27.1. The van der Waals surface area contributed by atoms with Crippen molar-refractivity contribution in [3.8, 4) is 23.0 Å². The van der Waals surface area contributed by atoms with Crippen molar-refractivity contribution in [1.29, 1.82) is 0 Å². The van der Waals surface area contributed by atoms with E-state index in [-0.39, 0.29) is 52.1 Å². The van der Waals surface area contributed by atoms with Gasteiger partial charge in [0.2, 0.25) is 5.91 Å². The van der Waals surface area contributed by atoms with Crippen LogP contribution in [0, 0.1) is 12.8 Å². The number of aromatic hydroxyl groups is 2. The first kappa shape index (κ1) is 35.5. The molecule has 0 aliphatic rings. The van der Waals surface area contributed by atoms with E-state index in [0.717, 1.165) is 11.6 Å². The number of carbonyl (C=O) groups is 5. The van der Waals surface area contributed by atoms with Crippen LogP contribution in [0.3, 0.4) is 0 Å². The summed E-state index contributed by atoms with van der Waals surface area (Å²) >= 11 is 0. The lowest BCUT2D eigenvalue weighted by atomic mass is 9.95. The molecule has 0 radical (unpaired) electrons. The molecule has 0 aromatic heterocycles. The van der Waals surface area contributed by atoms with Crippen molar-refractivity contribution in [2.75, 3.05) is 30.2 Å². The Balaban J connectivity index is 1.43. The van der Waals surface area contributed by atoms with Crippen LogP contribution in [-0.2, 0) is 4.79 Å². The quantitative estimate of drug-likeness (QED) is 0.0936. The number of benzene rings is 4. The van der Waals surface area contributed by atoms with Gasteiger partial charge in [0.1, 0.15) is 5.56 Å². The number of carboxylic acids is 1. The highest BCUT2D eigenvalue weighted by Crippen LogP contribution is 2.40. The Morgan fingerprint density at radius 1 is 0.673 bits per heavy atom. The average Bonchev–Trinajstić information content (AvgIpc) is 3.07. The highest BCUT2D eigenvalue weighted by atomic mass is 16.5. The number of ether oxygens (including phenoxy) is 2. The van der Waals surface area contributed by atoms with Gasteiger partial charge in [0.15, 0.2) is 28.8 Å². The number of methoxy groups -OCH3 is 2. The van der Waals surface area contributed by atoms with Crippen LogP contribution in [0.1, 0.15) is 66.8 Å². The van der Waals surface area contributed by atoms with E-state index in [1.54, 1.807) is 24.3 Å². The predicted octanol–water partition coefficient (Wildman–Crippen LogP) is 5.86. The Hall–Kier alpha value is -6.37. The summed E-state index contributed by atoms with van der Waals surface area (Å²) in [7, 11) is 2.41. The summed E-state index contributed by atoms with van der Waals surface area (Å²) < 4.78 is 10.3. The van der Waals surface area contributed by atoms with Crippen LogP contribution in [0.25, 0.3) is 0 Å². The Morgan fingerprint density at radius 2 is 1.18 bits per heavy atom. The van der Waals surface area contributed by atoms with Crippen molar-refractivity contribution in [1.82, 2.24) is 0 Å². The number of nitrogens with one attached hydrogen (secondary N) is 3. The van der Waals surface area contributed by atoms with Gasteiger partial charge in [0.05, 0.1) is 31.2 Å². The summed E-state index contributed by atoms with van der Waals surface area (Å²) in [6, 6.07) is 18.1. The molecule has 4 aromatic carbocycles. The summed E-state index contributed by atoms with van der Waals surface area (Å²) in [5, 5.41) is 38.2. The number of aromatic carboxylic acids is 1. The van der Waals surface area contributed by atoms with Crippen molar-refractivity contribution in [2.24, 2.45) is 5.92 Å². The van der Waals surface area contributed by atoms with Crippen LogP contribution in [0.15, 0.2) is 72.8 Å². The lowest BCUT2D eigenvalue weighted by Crippen LogP contribution is -2.25. The van der Waals surface area contributed by atoms with Gasteiger partial charge < -0.3 is 40.7 Å². The maximum Gasteiger partial charge on any atom is 0.339 e. The number of aryl methyl sites for hydroxylation is 1. The Bertz CT molecular complexity index is 1900. The molecule has 1 unspecified atom stereocenters. The second-order valence-corrected chi connectivity index (χ2v) is 11.0. The first-order valence-electron chi connectivity index (χ1n) is 15.0. The highest BCUT2D eigenvalue weighted by Gasteiger charge is 2.24. The highest BCUT2D eigenvalue weighted by molar-refractivity contribution is 6.10. The zero-order valence-corrected chi connectivity index (χ0v) is 27.1. The van der Waals surface area contributed by atoms with Gasteiger partial charge in [-0.05, 0) is 61.9 Å². The Morgan fingerprint density at radius 3 is 1.71 bits per heavy atom. The van der Waals surface area contributed by atoms with E-state index in [1.165, 1.54) is 44.6 Å². The molecule has 4 rings (SSSR count). The van der Waals surface area contributed by atoms with E-state index >= 15 is 0 Å². The number of phenols is 2. The standard InChI is InChI=1S/C36H35N3O10/c1-5-20(18-28(40)21-8-6-19(2)7-9-21)33(43)37-23-12-10-22(11-13-23)34(44)38-26-16-14-24(29(41)31(26)48-3)35(45)39-27-17-15-25(36(46)47)30(42)32(27)49-4/h6-17,20,41-42H,5,18H2,1-4H3,(H,37,43)(H,38,44)(H,39,45)(H,46,47). The van der Waals surface area contributed by atoms with Crippen LogP contribution in [0.5, 0.6) is 23.0 Å². The second-order valence-electron chi connectivity index (χ2n) is 11.0. The minimum Gasteiger partial charge on any atom is -0.504 e. The van der Waals surface area contributed by atoms with Gasteiger partial charge in [-0.3, -0.25) is 19.2 Å². The SMILES string of the molecule is CCC(CC(=O)c1ccc(C)cc1)C(=O)Nc1ccc(C(=O)Nc2ccc(C(=O)Nc3ccc(C(=O)O)c(O)c3OC)c(O)c2OC)cc1. The van der Waals surface area contributed by atoms with E-state index in [9.17, 15) is 39.3 Å². The molecule has 4 aromatic rings. The van der Waals surface area contributed by atoms with Crippen LogP contribution in [0.2, 0.25) is 0 Å². The molecule has 0 heterocycles. The van der Waals surface area contributed by atoms with Crippen LogP contribution in [-0.4, -0.2) is 59.0 Å². The second kappa shape index (κ2) is 15.5. The molecule has 6 N–H and O–H groups in total. The smallest absolute Gasteiger partial charge is 0.339 e. The fourth-order valence-corrected chi connectivity index (χ4v) is 4.95. The minimum absolute atomic E-state index is 0.0454. The van der Waals surface area contributed by atoms with E-state index in [1.807, 2.05) is 26.0 Å². The molecule has 13 heteroatoms. The molecule has 0 bridgehead atoms. The van der Waals surface area contributed by atoms with Gasteiger partial charge in [-0.2, -0.15) is 0 Å². The topological polar surface area (TPSA) is 201 Å². The molecule has 0 fully saturated rings. The molecule has 3 amide bonds. The summed E-state index contributed by atoms with van der Waals surface area (Å²) in [5.74, 6) is -5.65.